The van der Waals surface area contributed by atoms with Crippen LogP contribution in [0.25, 0.3) is 0 Å². The predicted octanol–water partition coefficient (Wildman–Crippen LogP) is 5.35. The van der Waals surface area contributed by atoms with Gasteiger partial charge in [0.05, 0.1) is 17.0 Å². The number of hydrogen-bond acceptors (Lipinski definition) is 5. The first kappa shape index (κ1) is 25.1. The van der Waals surface area contributed by atoms with E-state index in [0.29, 0.717) is 11.6 Å². The minimum atomic E-state index is -1.07. The fourth-order valence-corrected chi connectivity index (χ4v) is 4.38. The van der Waals surface area contributed by atoms with Crippen molar-refractivity contribution in [2.45, 2.75) is 38.8 Å². The number of halogens is 1. The number of nitro benzene ring substituents is 1. The zero-order valence-electron chi connectivity index (χ0n) is 19.8. The number of hydrogen-bond donors (Lipinski definition) is 0. The third-order valence-corrected chi connectivity index (χ3v) is 6.48. The summed E-state index contributed by atoms with van der Waals surface area (Å²) in [6.45, 7) is 4.14. The first-order valence-electron chi connectivity index (χ1n) is 11.4. The molecule has 1 aliphatic rings. The van der Waals surface area contributed by atoms with Crippen molar-refractivity contribution >= 4 is 40.7 Å². The average Bonchev–Trinajstić information content (AvgIpc) is 3.16. The van der Waals surface area contributed by atoms with Crippen molar-refractivity contribution in [3.05, 3.63) is 105 Å². The molecular weight excluding hydrogens is 482 g/mol. The predicted molar refractivity (Wildman–Crippen MR) is 136 cm³/mol. The summed E-state index contributed by atoms with van der Waals surface area (Å²) < 4.78 is 0. The van der Waals surface area contributed by atoms with Gasteiger partial charge in [0.15, 0.2) is 0 Å². The van der Waals surface area contributed by atoms with Crippen LogP contribution in [-0.2, 0) is 16.1 Å². The zero-order valence-corrected chi connectivity index (χ0v) is 20.5. The summed E-state index contributed by atoms with van der Waals surface area (Å²) in [6.07, 6.45) is -0.195. The van der Waals surface area contributed by atoms with Crippen LogP contribution in [0.4, 0.5) is 11.4 Å². The number of nitro groups is 1. The lowest BCUT2D eigenvalue weighted by Gasteiger charge is -2.28. The molecular formula is C27H24ClN3O5. The first-order valence-corrected chi connectivity index (χ1v) is 11.8. The van der Waals surface area contributed by atoms with E-state index in [9.17, 15) is 24.5 Å². The second kappa shape index (κ2) is 10.3. The fourth-order valence-electron chi connectivity index (χ4n) is 4.19. The molecule has 0 N–H and O–H groups in total. The standard InChI is InChI=1S/C27H24ClN3O5/c1-17(2)19-8-11-21(12-9-19)30-25(32)15-24(27(30)34)29(16-18-6-4-3-5-7-18)26(33)20-10-13-22(28)23(14-20)31(35)36/h3-14,17,24H,15-16H2,1-2H3. The fraction of sp³-hybridized carbons (Fsp3) is 0.222. The summed E-state index contributed by atoms with van der Waals surface area (Å²) in [6, 6.07) is 18.9. The Morgan fingerprint density at radius 1 is 1.08 bits per heavy atom. The number of carbonyl (C=O) groups is 3. The van der Waals surface area contributed by atoms with Crippen molar-refractivity contribution < 1.29 is 19.3 Å². The van der Waals surface area contributed by atoms with E-state index < -0.39 is 34.4 Å². The monoisotopic (exact) mass is 505 g/mol. The summed E-state index contributed by atoms with van der Waals surface area (Å²) in [5.74, 6) is -1.26. The number of carbonyl (C=O) groups excluding carboxylic acids is 3. The van der Waals surface area contributed by atoms with Gasteiger partial charge in [-0.2, -0.15) is 0 Å². The van der Waals surface area contributed by atoms with Crippen LogP contribution in [0.1, 0.15) is 47.7 Å². The van der Waals surface area contributed by atoms with Crippen molar-refractivity contribution in [1.82, 2.24) is 4.90 Å². The van der Waals surface area contributed by atoms with Gasteiger partial charge in [0.25, 0.3) is 17.5 Å². The number of imide groups is 1. The quantitative estimate of drug-likeness (QED) is 0.245. The third-order valence-electron chi connectivity index (χ3n) is 6.16. The highest BCUT2D eigenvalue weighted by molar-refractivity contribution is 6.32. The summed E-state index contributed by atoms with van der Waals surface area (Å²) >= 11 is 5.92. The maximum atomic E-state index is 13.6. The molecule has 3 amide bonds. The molecule has 0 saturated carbocycles. The van der Waals surface area contributed by atoms with Gasteiger partial charge < -0.3 is 4.90 Å². The van der Waals surface area contributed by atoms with Crippen molar-refractivity contribution in [1.29, 1.82) is 0 Å². The lowest BCUT2D eigenvalue weighted by Crippen LogP contribution is -2.45. The molecule has 1 atom stereocenters. The van der Waals surface area contributed by atoms with E-state index in [-0.39, 0.29) is 23.6 Å². The van der Waals surface area contributed by atoms with Gasteiger partial charge >= 0.3 is 0 Å². The molecule has 0 spiro atoms. The molecule has 9 heteroatoms. The van der Waals surface area contributed by atoms with Crippen molar-refractivity contribution in [2.24, 2.45) is 0 Å². The first-order chi connectivity index (χ1) is 17.2. The summed E-state index contributed by atoms with van der Waals surface area (Å²) in [4.78, 5) is 53.2. The molecule has 0 bridgehead atoms. The minimum Gasteiger partial charge on any atom is -0.322 e. The lowest BCUT2D eigenvalue weighted by molar-refractivity contribution is -0.384. The van der Waals surface area contributed by atoms with Gasteiger partial charge in [0, 0.05) is 18.2 Å². The number of amides is 3. The van der Waals surface area contributed by atoms with E-state index in [1.807, 2.05) is 32.0 Å². The number of anilines is 1. The van der Waals surface area contributed by atoms with Crippen LogP contribution in [0, 0.1) is 10.1 Å². The van der Waals surface area contributed by atoms with E-state index >= 15 is 0 Å². The van der Waals surface area contributed by atoms with E-state index in [0.717, 1.165) is 22.1 Å². The van der Waals surface area contributed by atoms with Crippen molar-refractivity contribution in [3.8, 4) is 0 Å². The van der Waals surface area contributed by atoms with Crippen molar-refractivity contribution in [3.63, 3.8) is 0 Å². The van der Waals surface area contributed by atoms with E-state index in [4.69, 9.17) is 11.6 Å². The Labute approximate surface area is 213 Å². The van der Waals surface area contributed by atoms with Gasteiger partial charge in [0.2, 0.25) is 5.91 Å². The molecule has 4 rings (SSSR count). The Balaban J connectivity index is 1.70. The molecule has 0 radical (unpaired) electrons. The largest absolute Gasteiger partial charge is 0.322 e. The highest BCUT2D eigenvalue weighted by Gasteiger charge is 2.44. The molecule has 1 fully saturated rings. The molecule has 1 heterocycles. The van der Waals surface area contributed by atoms with Gasteiger partial charge in [-0.3, -0.25) is 24.5 Å². The lowest BCUT2D eigenvalue weighted by atomic mass is 10.0. The van der Waals surface area contributed by atoms with Gasteiger partial charge in [-0.25, -0.2) is 4.90 Å². The Kier molecular flexibility index (Phi) is 7.17. The number of benzene rings is 3. The maximum Gasteiger partial charge on any atom is 0.288 e. The Bertz CT molecular complexity index is 1320. The Hall–Kier alpha value is -4.04. The highest BCUT2D eigenvalue weighted by Crippen LogP contribution is 2.31. The topological polar surface area (TPSA) is 101 Å². The Morgan fingerprint density at radius 3 is 2.36 bits per heavy atom. The molecule has 3 aromatic carbocycles. The smallest absolute Gasteiger partial charge is 0.288 e. The van der Waals surface area contributed by atoms with Crippen LogP contribution in [0.5, 0.6) is 0 Å². The molecule has 3 aromatic rings. The summed E-state index contributed by atoms with van der Waals surface area (Å²) in [7, 11) is 0. The van der Waals surface area contributed by atoms with Gasteiger partial charge in [-0.1, -0.05) is 67.9 Å². The Morgan fingerprint density at radius 2 is 1.75 bits per heavy atom. The van der Waals surface area contributed by atoms with Crippen LogP contribution < -0.4 is 4.90 Å². The van der Waals surface area contributed by atoms with Crippen LogP contribution in [0.2, 0.25) is 5.02 Å². The SMILES string of the molecule is CC(C)c1ccc(N2C(=O)CC(N(Cc3ccccc3)C(=O)c3ccc(Cl)c([N+](=O)[O-])c3)C2=O)cc1. The van der Waals surface area contributed by atoms with Crippen LogP contribution in [0.15, 0.2) is 72.8 Å². The second-order valence-electron chi connectivity index (χ2n) is 8.88. The summed E-state index contributed by atoms with van der Waals surface area (Å²) in [5, 5.41) is 11.3. The van der Waals surface area contributed by atoms with Crippen molar-refractivity contribution in [2.75, 3.05) is 4.90 Å². The maximum absolute atomic E-state index is 13.6. The molecule has 1 unspecified atom stereocenters. The molecule has 0 aromatic heterocycles. The molecule has 184 valence electrons. The number of rotatable bonds is 7. The molecule has 8 nitrogen and oxygen atoms in total. The molecule has 1 aliphatic heterocycles. The molecule has 1 saturated heterocycles. The summed E-state index contributed by atoms with van der Waals surface area (Å²) in [5.41, 5.74) is 1.84. The third kappa shape index (κ3) is 4.99. The normalized spacial score (nSPS) is 15.4. The average molecular weight is 506 g/mol. The van der Waals surface area contributed by atoms with E-state index in [1.165, 1.54) is 17.0 Å². The van der Waals surface area contributed by atoms with E-state index in [2.05, 4.69) is 0 Å². The van der Waals surface area contributed by atoms with Crippen LogP contribution in [-0.4, -0.2) is 33.6 Å². The minimum absolute atomic E-state index is 0.00187. The van der Waals surface area contributed by atoms with Gasteiger partial charge in [0.1, 0.15) is 11.1 Å². The van der Waals surface area contributed by atoms with Gasteiger partial charge in [-0.05, 0) is 41.3 Å². The number of nitrogens with zero attached hydrogens (tertiary/aromatic N) is 3. The highest BCUT2D eigenvalue weighted by atomic mass is 35.5. The van der Waals surface area contributed by atoms with E-state index in [1.54, 1.807) is 36.4 Å². The zero-order chi connectivity index (χ0) is 26.0. The van der Waals surface area contributed by atoms with Crippen LogP contribution in [0.3, 0.4) is 0 Å². The second-order valence-corrected chi connectivity index (χ2v) is 9.28. The van der Waals surface area contributed by atoms with Crippen LogP contribution >= 0.6 is 11.6 Å². The molecule has 36 heavy (non-hydrogen) atoms. The molecule has 0 aliphatic carbocycles. The van der Waals surface area contributed by atoms with Gasteiger partial charge in [-0.15, -0.1) is 0 Å².